The smallest absolute Gasteiger partial charge is 0.251 e. The molecular weight excluding hydrogens is 472 g/mol. The van der Waals surface area contributed by atoms with Crippen LogP contribution in [0.3, 0.4) is 0 Å². The summed E-state index contributed by atoms with van der Waals surface area (Å²) in [5, 5.41) is 13.5. The fraction of sp³-hybridized carbons (Fsp3) is 0.385. The van der Waals surface area contributed by atoms with Crippen LogP contribution in [-0.2, 0) is 16.9 Å². The van der Waals surface area contributed by atoms with Crippen molar-refractivity contribution in [2.24, 2.45) is 5.73 Å². The fourth-order valence-corrected chi connectivity index (χ4v) is 5.25. The van der Waals surface area contributed by atoms with Gasteiger partial charge < -0.3 is 20.9 Å². The molecule has 4 N–H and O–H groups in total. The van der Waals surface area contributed by atoms with Gasteiger partial charge in [-0.15, -0.1) is 11.3 Å². The number of anilines is 2. The molecule has 3 aromatic rings. The standard InChI is InChI=1S/C26H29F2N3O3S/c1-26(2,33)15-11-19(27)23(20(28)12-15)21-13-18(24(29)32)25(35-21)31-22-10-6-7-16(30-22)14-34-17-8-4-3-5-9-17/h6-7,10-13,17,33H,3-5,8-9,14H2,1-2H3,(H2,29,32)(H,30,31). The SMILES string of the molecule is CC(C)(O)c1cc(F)c(-c2cc(C(N)=O)c(Nc3cccc(COC4CCCCC4)n3)s2)c(F)c1. The van der Waals surface area contributed by atoms with Gasteiger partial charge in [-0.1, -0.05) is 25.3 Å². The van der Waals surface area contributed by atoms with E-state index in [0.717, 1.165) is 42.0 Å². The van der Waals surface area contributed by atoms with E-state index in [0.29, 0.717) is 17.4 Å². The average Bonchev–Trinajstić information content (AvgIpc) is 3.21. The van der Waals surface area contributed by atoms with Crippen molar-refractivity contribution in [3.63, 3.8) is 0 Å². The lowest BCUT2D eigenvalue weighted by atomic mass is 9.96. The minimum Gasteiger partial charge on any atom is -0.386 e. The van der Waals surface area contributed by atoms with Gasteiger partial charge >= 0.3 is 0 Å². The Morgan fingerprint density at radius 3 is 2.51 bits per heavy atom. The average molecular weight is 502 g/mol. The number of carbonyl (C=O) groups is 1. The number of nitrogens with one attached hydrogen (secondary N) is 1. The number of amides is 1. The van der Waals surface area contributed by atoms with Crippen LogP contribution in [-0.4, -0.2) is 22.1 Å². The zero-order chi connectivity index (χ0) is 25.2. The summed E-state index contributed by atoms with van der Waals surface area (Å²) in [6, 6.07) is 8.95. The van der Waals surface area contributed by atoms with E-state index < -0.39 is 23.1 Å². The number of hydrogen-bond donors (Lipinski definition) is 3. The Bertz CT molecular complexity index is 1190. The summed E-state index contributed by atoms with van der Waals surface area (Å²) >= 11 is 0.994. The number of primary amides is 1. The van der Waals surface area contributed by atoms with Gasteiger partial charge in [-0.05, 0) is 62.6 Å². The number of hydrogen-bond acceptors (Lipinski definition) is 6. The molecule has 1 fully saturated rings. The Morgan fingerprint density at radius 2 is 1.89 bits per heavy atom. The van der Waals surface area contributed by atoms with Crippen molar-refractivity contribution in [2.75, 3.05) is 5.32 Å². The largest absolute Gasteiger partial charge is 0.386 e. The maximum absolute atomic E-state index is 14.9. The van der Waals surface area contributed by atoms with Gasteiger partial charge in [-0.2, -0.15) is 0 Å². The first-order chi connectivity index (χ1) is 16.6. The highest BCUT2D eigenvalue weighted by Crippen LogP contribution is 2.40. The molecule has 9 heteroatoms. The van der Waals surface area contributed by atoms with Crippen molar-refractivity contribution in [1.82, 2.24) is 4.98 Å². The number of aliphatic hydroxyl groups is 1. The Balaban J connectivity index is 1.58. The van der Waals surface area contributed by atoms with E-state index in [1.54, 1.807) is 6.07 Å². The van der Waals surface area contributed by atoms with Crippen molar-refractivity contribution in [3.8, 4) is 10.4 Å². The first kappa shape index (κ1) is 25.2. The van der Waals surface area contributed by atoms with Gasteiger partial charge in [-0.3, -0.25) is 4.79 Å². The molecule has 0 bridgehead atoms. The van der Waals surface area contributed by atoms with Gasteiger partial charge in [-0.25, -0.2) is 13.8 Å². The Morgan fingerprint density at radius 1 is 1.20 bits per heavy atom. The van der Waals surface area contributed by atoms with Crippen molar-refractivity contribution < 1.29 is 23.4 Å². The number of aromatic nitrogens is 1. The molecule has 0 spiro atoms. The topological polar surface area (TPSA) is 97.5 Å². The first-order valence-corrected chi connectivity index (χ1v) is 12.4. The second-order valence-electron chi connectivity index (χ2n) is 9.30. The van der Waals surface area contributed by atoms with Crippen LogP contribution in [0.15, 0.2) is 36.4 Å². The number of nitrogens with two attached hydrogens (primary N) is 1. The summed E-state index contributed by atoms with van der Waals surface area (Å²) in [4.78, 5) is 16.8. The van der Waals surface area contributed by atoms with Gasteiger partial charge in [0.15, 0.2) is 0 Å². The number of pyridine rings is 1. The number of rotatable bonds is 8. The zero-order valence-electron chi connectivity index (χ0n) is 19.7. The van der Waals surface area contributed by atoms with Crippen molar-refractivity contribution in [1.29, 1.82) is 0 Å². The number of halogens is 2. The van der Waals surface area contributed by atoms with E-state index in [4.69, 9.17) is 10.5 Å². The number of carbonyl (C=O) groups excluding carboxylic acids is 1. The molecule has 1 aromatic carbocycles. The molecule has 4 rings (SSSR count). The molecule has 1 amide bonds. The summed E-state index contributed by atoms with van der Waals surface area (Å²) in [6.07, 6.45) is 5.97. The zero-order valence-corrected chi connectivity index (χ0v) is 20.6. The lowest BCUT2D eigenvalue weighted by Crippen LogP contribution is -2.16. The highest BCUT2D eigenvalue weighted by Gasteiger charge is 2.24. The molecular formula is C26H29F2N3O3S. The first-order valence-electron chi connectivity index (χ1n) is 11.6. The molecule has 0 atom stereocenters. The summed E-state index contributed by atoms with van der Waals surface area (Å²) < 4.78 is 35.8. The summed E-state index contributed by atoms with van der Waals surface area (Å²) in [7, 11) is 0. The molecule has 1 aliphatic carbocycles. The van der Waals surface area contributed by atoms with Crippen LogP contribution in [0.1, 0.15) is 67.6 Å². The second kappa shape index (κ2) is 10.4. The van der Waals surface area contributed by atoms with Gasteiger partial charge in [0.25, 0.3) is 5.91 Å². The molecule has 0 unspecified atom stereocenters. The van der Waals surface area contributed by atoms with E-state index in [2.05, 4.69) is 10.3 Å². The predicted molar refractivity (Wildman–Crippen MR) is 133 cm³/mol. The molecule has 1 aliphatic rings. The maximum Gasteiger partial charge on any atom is 0.251 e. The third kappa shape index (κ3) is 6.04. The molecule has 0 saturated heterocycles. The van der Waals surface area contributed by atoms with Crippen LogP contribution in [0, 0.1) is 11.6 Å². The van der Waals surface area contributed by atoms with Crippen LogP contribution < -0.4 is 11.1 Å². The molecule has 1 saturated carbocycles. The number of nitrogens with zero attached hydrogens (tertiary/aromatic N) is 1. The second-order valence-corrected chi connectivity index (χ2v) is 10.4. The highest BCUT2D eigenvalue weighted by atomic mass is 32.1. The molecule has 186 valence electrons. The quantitative estimate of drug-likeness (QED) is 0.351. The third-order valence-corrected chi connectivity index (χ3v) is 7.13. The summed E-state index contributed by atoms with van der Waals surface area (Å²) in [6.45, 7) is 3.27. The number of benzene rings is 1. The minimum absolute atomic E-state index is 0.0982. The van der Waals surface area contributed by atoms with E-state index in [9.17, 15) is 18.7 Å². The molecule has 2 heterocycles. The normalized spacial score (nSPS) is 14.8. The van der Waals surface area contributed by atoms with E-state index in [-0.39, 0.29) is 27.7 Å². The van der Waals surface area contributed by atoms with Gasteiger partial charge in [0.1, 0.15) is 22.5 Å². The monoisotopic (exact) mass is 501 g/mol. The van der Waals surface area contributed by atoms with E-state index >= 15 is 0 Å². The van der Waals surface area contributed by atoms with Gasteiger partial charge in [0, 0.05) is 4.88 Å². The fourth-order valence-electron chi connectivity index (χ4n) is 4.13. The summed E-state index contributed by atoms with van der Waals surface area (Å²) in [5.74, 6) is -1.96. The van der Waals surface area contributed by atoms with Crippen LogP contribution in [0.5, 0.6) is 0 Å². The maximum atomic E-state index is 14.9. The van der Waals surface area contributed by atoms with Gasteiger partial charge in [0.2, 0.25) is 0 Å². The summed E-state index contributed by atoms with van der Waals surface area (Å²) in [5.41, 5.74) is 4.79. The predicted octanol–water partition coefficient (Wildman–Crippen LogP) is 6.01. The van der Waals surface area contributed by atoms with Crippen LogP contribution in [0.4, 0.5) is 19.6 Å². The van der Waals surface area contributed by atoms with Crippen LogP contribution >= 0.6 is 11.3 Å². The van der Waals surface area contributed by atoms with E-state index in [1.165, 1.54) is 39.2 Å². The Hall–Kier alpha value is -2.88. The molecule has 0 aliphatic heterocycles. The number of ether oxygens (including phenoxy) is 1. The minimum atomic E-state index is -1.40. The Kier molecular flexibility index (Phi) is 7.49. The van der Waals surface area contributed by atoms with Crippen molar-refractivity contribution in [2.45, 2.75) is 64.3 Å². The lowest BCUT2D eigenvalue weighted by molar-refractivity contribution is 0.0153. The molecule has 2 aromatic heterocycles. The van der Waals surface area contributed by atoms with Crippen molar-refractivity contribution >= 4 is 28.1 Å². The highest BCUT2D eigenvalue weighted by molar-refractivity contribution is 7.20. The van der Waals surface area contributed by atoms with Gasteiger partial charge in [0.05, 0.1) is 35.1 Å². The molecule has 6 nitrogen and oxygen atoms in total. The van der Waals surface area contributed by atoms with Crippen LogP contribution in [0.25, 0.3) is 10.4 Å². The van der Waals surface area contributed by atoms with E-state index in [1.807, 2.05) is 12.1 Å². The molecule has 35 heavy (non-hydrogen) atoms. The third-order valence-electron chi connectivity index (χ3n) is 6.06. The Labute approximate surface area is 207 Å². The number of thiophene rings is 1. The molecule has 0 radical (unpaired) electrons. The lowest BCUT2D eigenvalue weighted by Gasteiger charge is -2.21. The van der Waals surface area contributed by atoms with Crippen LogP contribution in [0.2, 0.25) is 0 Å². The van der Waals surface area contributed by atoms with Crippen molar-refractivity contribution in [3.05, 3.63) is 64.9 Å².